The fourth-order valence-electron chi connectivity index (χ4n) is 2.93. The van der Waals surface area contributed by atoms with Gasteiger partial charge in [0.2, 0.25) is 5.91 Å². The molecule has 0 atom stereocenters. The van der Waals surface area contributed by atoms with E-state index < -0.39 is 10.0 Å². The van der Waals surface area contributed by atoms with Gasteiger partial charge in [0.25, 0.3) is 10.0 Å². The van der Waals surface area contributed by atoms with E-state index in [0.717, 1.165) is 11.1 Å². The summed E-state index contributed by atoms with van der Waals surface area (Å²) in [6, 6.07) is 21.4. The van der Waals surface area contributed by atoms with E-state index in [4.69, 9.17) is 4.74 Å². The minimum absolute atomic E-state index is 0.0398. The average molecular weight is 410 g/mol. The van der Waals surface area contributed by atoms with Gasteiger partial charge in [-0.25, -0.2) is 8.42 Å². The van der Waals surface area contributed by atoms with Crippen molar-refractivity contribution in [3.8, 4) is 5.75 Å². The van der Waals surface area contributed by atoms with Crippen molar-refractivity contribution < 1.29 is 17.9 Å². The lowest BCUT2D eigenvalue weighted by Crippen LogP contribution is -2.15. The molecule has 0 aliphatic carbocycles. The third-order valence-corrected chi connectivity index (χ3v) is 5.66. The molecule has 0 radical (unpaired) electrons. The molecule has 0 aromatic heterocycles. The van der Waals surface area contributed by atoms with E-state index in [2.05, 4.69) is 10.0 Å². The summed E-state index contributed by atoms with van der Waals surface area (Å²) in [6.45, 7) is 1.37. The number of carbonyl (C=O) groups excluding carboxylic acids is 1. The summed E-state index contributed by atoms with van der Waals surface area (Å²) in [4.78, 5) is 11.3. The van der Waals surface area contributed by atoms with Crippen molar-refractivity contribution in [1.82, 2.24) is 0 Å². The van der Waals surface area contributed by atoms with E-state index in [9.17, 15) is 13.2 Å². The Hall–Kier alpha value is -3.32. The maximum atomic E-state index is 13.0. The first-order valence-electron chi connectivity index (χ1n) is 8.99. The van der Waals surface area contributed by atoms with Crippen molar-refractivity contribution in [2.45, 2.75) is 18.2 Å². The van der Waals surface area contributed by atoms with Gasteiger partial charge in [0, 0.05) is 13.0 Å². The molecule has 3 rings (SSSR count). The molecule has 29 heavy (non-hydrogen) atoms. The molecule has 0 spiro atoms. The van der Waals surface area contributed by atoms with Gasteiger partial charge in [0.1, 0.15) is 5.75 Å². The number of ether oxygens (including phenoxy) is 1. The van der Waals surface area contributed by atoms with Crippen molar-refractivity contribution in [1.29, 1.82) is 0 Å². The third-order valence-electron chi connectivity index (χ3n) is 4.29. The molecule has 7 heteroatoms. The molecule has 0 aliphatic rings. The molecule has 0 saturated carbocycles. The normalized spacial score (nSPS) is 11.0. The molecule has 0 heterocycles. The number of carbonyl (C=O) groups is 1. The third kappa shape index (κ3) is 5.14. The van der Waals surface area contributed by atoms with Crippen molar-refractivity contribution in [2.75, 3.05) is 17.1 Å². The van der Waals surface area contributed by atoms with Crippen LogP contribution in [0.25, 0.3) is 0 Å². The topological polar surface area (TPSA) is 84.5 Å². The Kier molecular flexibility index (Phi) is 6.19. The number of benzene rings is 3. The molecule has 0 saturated heterocycles. The summed E-state index contributed by atoms with van der Waals surface area (Å²) < 4.78 is 33.8. The molecule has 150 valence electrons. The zero-order chi connectivity index (χ0) is 20.9. The molecular weight excluding hydrogens is 388 g/mol. The highest BCUT2D eigenvalue weighted by Gasteiger charge is 2.18. The Bertz CT molecular complexity index is 1110. The smallest absolute Gasteiger partial charge is 0.262 e. The van der Waals surface area contributed by atoms with Crippen LogP contribution in [0.1, 0.15) is 18.1 Å². The Morgan fingerprint density at radius 2 is 1.62 bits per heavy atom. The van der Waals surface area contributed by atoms with Crippen LogP contribution in [0.3, 0.4) is 0 Å². The van der Waals surface area contributed by atoms with Crippen LogP contribution >= 0.6 is 0 Å². The second kappa shape index (κ2) is 8.79. The van der Waals surface area contributed by atoms with Crippen molar-refractivity contribution in [3.63, 3.8) is 0 Å². The quantitative estimate of drug-likeness (QED) is 0.616. The van der Waals surface area contributed by atoms with Gasteiger partial charge in [0.05, 0.1) is 23.4 Å². The number of sulfonamides is 1. The maximum Gasteiger partial charge on any atom is 0.262 e. The summed E-state index contributed by atoms with van der Waals surface area (Å²) in [5.41, 5.74) is 2.87. The summed E-state index contributed by atoms with van der Waals surface area (Å²) in [6.07, 6.45) is 0.602. The van der Waals surface area contributed by atoms with E-state index in [0.29, 0.717) is 17.8 Å². The van der Waals surface area contributed by atoms with E-state index in [1.165, 1.54) is 32.2 Å². The largest absolute Gasteiger partial charge is 0.495 e. The highest BCUT2D eigenvalue weighted by molar-refractivity contribution is 7.92. The summed E-state index contributed by atoms with van der Waals surface area (Å²) in [5.74, 6) is -0.00693. The summed E-state index contributed by atoms with van der Waals surface area (Å²) in [5, 5.41) is 2.61. The van der Waals surface area contributed by atoms with Crippen molar-refractivity contribution in [3.05, 3.63) is 83.9 Å². The van der Waals surface area contributed by atoms with Gasteiger partial charge >= 0.3 is 0 Å². The Labute approximate surface area is 170 Å². The summed E-state index contributed by atoms with van der Waals surface area (Å²) >= 11 is 0. The van der Waals surface area contributed by atoms with Gasteiger partial charge in [-0.05, 0) is 35.7 Å². The highest BCUT2D eigenvalue weighted by atomic mass is 32.2. The molecule has 2 N–H and O–H groups in total. The number of rotatable bonds is 7. The van der Waals surface area contributed by atoms with Crippen LogP contribution in [0.15, 0.2) is 77.7 Å². The lowest BCUT2D eigenvalue weighted by Gasteiger charge is -2.15. The van der Waals surface area contributed by atoms with E-state index >= 15 is 0 Å². The van der Waals surface area contributed by atoms with Crippen LogP contribution in [0.5, 0.6) is 5.75 Å². The number of nitrogens with one attached hydrogen (secondary N) is 2. The fourth-order valence-corrected chi connectivity index (χ4v) is 4.04. The minimum Gasteiger partial charge on any atom is -0.495 e. The van der Waals surface area contributed by atoms with Crippen LogP contribution in [-0.2, 0) is 21.2 Å². The van der Waals surface area contributed by atoms with E-state index in [-0.39, 0.29) is 16.6 Å². The van der Waals surface area contributed by atoms with E-state index in [1.54, 1.807) is 12.1 Å². The zero-order valence-corrected chi connectivity index (χ0v) is 17.0. The predicted octanol–water partition coefficient (Wildman–Crippen LogP) is 4.05. The number of methoxy groups -OCH3 is 1. The van der Waals surface area contributed by atoms with Gasteiger partial charge in [-0.3, -0.25) is 9.52 Å². The van der Waals surface area contributed by atoms with Gasteiger partial charge in [-0.2, -0.15) is 0 Å². The SMILES string of the molecule is COc1cc(S(=O)(=O)Nc2ccccc2Cc2ccccc2)ccc1NC(C)=O. The van der Waals surface area contributed by atoms with Crippen LogP contribution < -0.4 is 14.8 Å². The molecular formula is C22H22N2O4S. The van der Waals surface area contributed by atoms with Crippen LogP contribution in [0, 0.1) is 0 Å². The Morgan fingerprint density at radius 1 is 0.931 bits per heavy atom. The number of para-hydroxylation sites is 1. The zero-order valence-electron chi connectivity index (χ0n) is 16.2. The number of amides is 1. The molecule has 1 amide bonds. The summed E-state index contributed by atoms with van der Waals surface area (Å²) in [7, 11) is -2.43. The van der Waals surface area contributed by atoms with Crippen LogP contribution in [-0.4, -0.2) is 21.4 Å². The average Bonchev–Trinajstić information content (AvgIpc) is 2.70. The predicted molar refractivity (Wildman–Crippen MR) is 114 cm³/mol. The second-order valence-electron chi connectivity index (χ2n) is 6.47. The molecule has 6 nitrogen and oxygen atoms in total. The van der Waals surface area contributed by atoms with Gasteiger partial charge in [-0.15, -0.1) is 0 Å². The van der Waals surface area contributed by atoms with Crippen molar-refractivity contribution >= 4 is 27.3 Å². The Morgan fingerprint density at radius 3 is 2.31 bits per heavy atom. The monoisotopic (exact) mass is 410 g/mol. The fraction of sp³-hybridized carbons (Fsp3) is 0.136. The first-order valence-corrected chi connectivity index (χ1v) is 10.5. The molecule has 3 aromatic carbocycles. The highest BCUT2D eigenvalue weighted by Crippen LogP contribution is 2.29. The van der Waals surface area contributed by atoms with Gasteiger partial charge in [-0.1, -0.05) is 48.5 Å². The first kappa shape index (κ1) is 20.4. The van der Waals surface area contributed by atoms with Crippen molar-refractivity contribution in [2.24, 2.45) is 0 Å². The van der Waals surface area contributed by atoms with Gasteiger partial charge < -0.3 is 10.1 Å². The molecule has 0 bridgehead atoms. The van der Waals surface area contributed by atoms with Crippen LogP contribution in [0.2, 0.25) is 0 Å². The van der Waals surface area contributed by atoms with E-state index in [1.807, 2.05) is 42.5 Å². The second-order valence-corrected chi connectivity index (χ2v) is 8.15. The number of anilines is 2. The van der Waals surface area contributed by atoms with Gasteiger partial charge in [0.15, 0.2) is 0 Å². The standard InChI is InChI=1S/C22H22N2O4S/c1-16(25)23-21-13-12-19(15-22(21)28-2)29(26,27)24-20-11-7-6-10-18(20)14-17-8-4-3-5-9-17/h3-13,15,24H,14H2,1-2H3,(H,23,25). The first-order chi connectivity index (χ1) is 13.9. The molecule has 0 aliphatic heterocycles. The molecule has 0 fully saturated rings. The number of hydrogen-bond donors (Lipinski definition) is 2. The van der Waals surface area contributed by atoms with Crippen LogP contribution in [0.4, 0.5) is 11.4 Å². The minimum atomic E-state index is -3.85. The molecule has 3 aromatic rings. The number of hydrogen-bond acceptors (Lipinski definition) is 4. The Balaban J connectivity index is 1.89. The molecule has 0 unspecified atom stereocenters. The lowest BCUT2D eigenvalue weighted by atomic mass is 10.0. The maximum absolute atomic E-state index is 13.0. The lowest BCUT2D eigenvalue weighted by molar-refractivity contribution is -0.114.